The van der Waals surface area contributed by atoms with E-state index in [1.165, 1.54) is 12.1 Å². The van der Waals surface area contributed by atoms with Crippen molar-refractivity contribution in [1.29, 1.82) is 0 Å². The molecule has 33 heavy (non-hydrogen) atoms. The van der Waals surface area contributed by atoms with Gasteiger partial charge in [0.05, 0.1) is 12.0 Å². The van der Waals surface area contributed by atoms with Crippen molar-refractivity contribution in [2.75, 3.05) is 11.9 Å². The average molecular weight is 472 g/mol. The van der Waals surface area contributed by atoms with Crippen LogP contribution in [0.3, 0.4) is 0 Å². The first kappa shape index (κ1) is 23.2. The second-order valence-electron chi connectivity index (χ2n) is 8.22. The van der Waals surface area contributed by atoms with E-state index in [4.69, 9.17) is 11.6 Å². The van der Waals surface area contributed by atoms with E-state index in [0.29, 0.717) is 17.3 Å². The molecule has 3 aromatic carbocycles. The predicted molar refractivity (Wildman–Crippen MR) is 124 cm³/mol. The summed E-state index contributed by atoms with van der Waals surface area (Å²) in [6.45, 7) is -0.247. The molecular formula is C25H24ClF2N3O2. The highest BCUT2D eigenvalue weighted by atomic mass is 35.5. The number of amides is 1. The number of benzene rings is 3. The second-order valence-corrected chi connectivity index (χ2v) is 8.66. The number of hydrogen-bond acceptors (Lipinski definition) is 4. The lowest BCUT2D eigenvalue weighted by molar-refractivity contribution is -0.118. The third-order valence-electron chi connectivity index (χ3n) is 6.20. The van der Waals surface area contributed by atoms with Gasteiger partial charge in [-0.3, -0.25) is 10.2 Å². The molecule has 0 aliphatic carbocycles. The second kappa shape index (κ2) is 9.47. The first-order chi connectivity index (χ1) is 15.8. The minimum Gasteiger partial charge on any atom is -0.435 e. The number of alkyl halides is 2. The number of anilines is 1. The molecule has 3 aromatic rings. The molecule has 5 nitrogen and oxygen atoms in total. The maximum atomic E-state index is 13.3. The fraction of sp³-hybridized carbons (Fsp3) is 0.240. The third-order valence-corrected chi connectivity index (χ3v) is 6.45. The van der Waals surface area contributed by atoms with Crippen molar-refractivity contribution in [1.82, 2.24) is 10.9 Å². The van der Waals surface area contributed by atoms with Crippen LogP contribution in [-0.2, 0) is 15.7 Å². The first-order valence-electron chi connectivity index (χ1n) is 10.5. The van der Waals surface area contributed by atoms with Gasteiger partial charge < -0.3 is 10.1 Å². The van der Waals surface area contributed by atoms with Crippen LogP contribution in [0.4, 0.5) is 14.5 Å². The van der Waals surface area contributed by atoms with Crippen molar-refractivity contribution in [2.24, 2.45) is 0 Å². The van der Waals surface area contributed by atoms with Crippen LogP contribution < -0.4 is 20.9 Å². The van der Waals surface area contributed by atoms with Crippen LogP contribution in [0.2, 0.25) is 5.02 Å². The van der Waals surface area contributed by atoms with E-state index in [1.807, 2.05) is 42.5 Å². The number of ether oxygens (including phenoxy) is 1. The molecule has 2 unspecified atom stereocenters. The molecule has 0 radical (unpaired) electrons. The number of halogens is 3. The van der Waals surface area contributed by atoms with Gasteiger partial charge in [-0.25, -0.2) is 5.43 Å². The smallest absolute Gasteiger partial charge is 0.387 e. The molecule has 1 saturated heterocycles. The van der Waals surface area contributed by atoms with E-state index in [2.05, 4.69) is 27.8 Å². The molecule has 0 aromatic heterocycles. The molecule has 0 spiro atoms. The zero-order valence-corrected chi connectivity index (χ0v) is 18.7. The largest absolute Gasteiger partial charge is 0.435 e. The Morgan fingerprint density at radius 3 is 2.48 bits per heavy atom. The molecule has 1 heterocycles. The van der Waals surface area contributed by atoms with E-state index in [9.17, 15) is 13.6 Å². The Morgan fingerprint density at radius 2 is 1.79 bits per heavy atom. The number of hydrazine groups is 1. The standard InChI is InChI=1S/C25H24ClF2N3O2/c1-24(17-6-3-2-4-7-17)16-29-31-25(24,18-10-12-19(26)13-11-18)15-22(32)30-20-8-5-9-21(14-20)33-23(27)28/h2-14,23,29,31H,15-16H2,1H3,(H,30,32). The maximum Gasteiger partial charge on any atom is 0.387 e. The fourth-order valence-corrected chi connectivity index (χ4v) is 4.60. The molecule has 4 rings (SSSR count). The van der Waals surface area contributed by atoms with Crippen LogP contribution in [0.25, 0.3) is 0 Å². The van der Waals surface area contributed by atoms with Crippen LogP contribution in [0.15, 0.2) is 78.9 Å². The minimum absolute atomic E-state index is 0.0232. The lowest BCUT2D eigenvalue weighted by Crippen LogP contribution is -2.53. The van der Waals surface area contributed by atoms with Crippen LogP contribution >= 0.6 is 11.6 Å². The Kier molecular flexibility index (Phi) is 6.65. The van der Waals surface area contributed by atoms with Gasteiger partial charge in [0, 0.05) is 28.7 Å². The van der Waals surface area contributed by atoms with Crippen molar-refractivity contribution in [3.05, 3.63) is 95.0 Å². The van der Waals surface area contributed by atoms with Crippen molar-refractivity contribution in [3.63, 3.8) is 0 Å². The summed E-state index contributed by atoms with van der Waals surface area (Å²) in [5, 5.41) is 3.42. The molecule has 1 fully saturated rings. The third kappa shape index (κ3) is 4.71. The van der Waals surface area contributed by atoms with E-state index in [-0.39, 0.29) is 18.1 Å². The van der Waals surface area contributed by atoms with Gasteiger partial charge >= 0.3 is 6.61 Å². The summed E-state index contributed by atoms with van der Waals surface area (Å²) in [5.74, 6) is -0.303. The first-order valence-corrected chi connectivity index (χ1v) is 10.9. The summed E-state index contributed by atoms with van der Waals surface area (Å²) in [6.07, 6.45) is 0.0763. The molecule has 172 valence electrons. The Morgan fingerprint density at radius 1 is 1.06 bits per heavy atom. The molecular weight excluding hydrogens is 448 g/mol. The lowest BCUT2D eigenvalue weighted by atomic mass is 9.63. The van der Waals surface area contributed by atoms with E-state index in [1.54, 1.807) is 24.3 Å². The summed E-state index contributed by atoms with van der Waals surface area (Å²) in [6, 6.07) is 23.4. The maximum absolute atomic E-state index is 13.3. The Labute approximate surface area is 196 Å². The number of nitrogens with one attached hydrogen (secondary N) is 3. The predicted octanol–water partition coefficient (Wildman–Crippen LogP) is 5.23. The van der Waals surface area contributed by atoms with Crippen molar-refractivity contribution in [3.8, 4) is 5.75 Å². The zero-order chi connectivity index (χ0) is 23.5. The Balaban J connectivity index is 1.68. The van der Waals surface area contributed by atoms with Gasteiger partial charge in [0.25, 0.3) is 0 Å². The van der Waals surface area contributed by atoms with Gasteiger partial charge in [-0.2, -0.15) is 8.78 Å². The highest BCUT2D eigenvalue weighted by Crippen LogP contribution is 2.47. The quantitative estimate of drug-likeness (QED) is 0.441. The van der Waals surface area contributed by atoms with Gasteiger partial charge in [-0.05, 0) is 35.4 Å². The minimum atomic E-state index is -2.94. The summed E-state index contributed by atoms with van der Waals surface area (Å²) in [5.41, 5.74) is 7.66. The summed E-state index contributed by atoms with van der Waals surface area (Å²) < 4.78 is 29.6. The number of carbonyl (C=O) groups excluding carboxylic acids is 1. The molecule has 1 amide bonds. The fourth-order valence-electron chi connectivity index (χ4n) is 4.48. The molecule has 2 atom stereocenters. The number of hydrogen-bond donors (Lipinski definition) is 3. The highest BCUT2D eigenvalue weighted by molar-refractivity contribution is 6.30. The topological polar surface area (TPSA) is 62.4 Å². The van der Waals surface area contributed by atoms with Crippen LogP contribution in [-0.4, -0.2) is 19.1 Å². The highest BCUT2D eigenvalue weighted by Gasteiger charge is 2.55. The van der Waals surface area contributed by atoms with Gasteiger partial charge in [0.15, 0.2) is 0 Å². The zero-order valence-electron chi connectivity index (χ0n) is 17.9. The van der Waals surface area contributed by atoms with Gasteiger partial charge in [0.1, 0.15) is 5.75 Å². The molecule has 1 aliphatic heterocycles. The summed E-state index contributed by atoms with van der Waals surface area (Å²) in [7, 11) is 0. The Bertz CT molecular complexity index is 1110. The van der Waals surface area contributed by atoms with Gasteiger partial charge in [-0.1, -0.05) is 67.1 Å². The Hall–Kier alpha value is -3.00. The molecule has 3 N–H and O–H groups in total. The molecule has 1 aliphatic rings. The van der Waals surface area contributed by atoms with Gasteiger partial charge in [0.2, 0.25) is 5.91 Å². The van der Waals surface area contributed by atoms with Crippen LogP contribution in [0.5, 0.6) is 5.75 Å². The van der Waals surface area contributed by atoms with E-state index >= 15 is 0 Å². The van der Waals surface area contributed by atoms with Crippen LogP contribution in [0, 0.1) is 0 Å². The van der Waals surface area contributed by atoms with Crippen LogP contribution in [0.1, 0.15) is 24.5 Å². The van der Waals surface area contributed by atoms with E-state index in [0.717, 1.165) is 11.1 Å². The van der Waals surface area contributed by atoms with Crippen molar-refractivity contribution in [2.45, 2.75) is 30.9 Å². The van der Waals surface area contributed by atoms with E-state index < -0.39 is 17.6 Å². The normalized spacial score (nSPS) is 22.3. The summed E-state index contributed by atoms with van der Waals surface area (Å²) >= 11 is 6.14. The molecule has 8 heteroatoms. The molecule has 0 saturated carbocycles. The van der Waals surface area contributed by atoms with Gasteiger partial charge in [-0.15, -0.1) is 0 Å². The lowest BCUT2D eigenvalue weighted by Gasteiger charge is -2.43. The number of carbonyl (C=O) groups is 1. The summed E-state index contributed by atoms with van der Waals surface area (Å²) in [4.78, 5) is 13.3. The number of rotatable bonds is 7. The average Bonchev–Trinajstić information content (AvgIpc) is 3.12. The van der Waals surface area contributed by atoms with Crippen molar-refractivity contribution < 1.29 is 18.3 Å². The monoisotopic (exact) mass is 471 g/mol. The SMILES string of the molecule is CC1(c2ccccc2)CNNC1(CC(=O)Nc1cccc(OC(F)F)c1)c1ccc(Cl)cc1. The molecule has 0 bridgehead atoms. The van der Waals surface area contributed by atoms with Crippen molar-refractivity contribution >= 4 is 23.2 Å².